The molecule has 0 saturated carbocycles. The number of unbranched alkanes of at least 4 members (excludes halogenated alkanes) is 7. The molecule has 24 heavy (non-hydrogen) atoms. The number of carbonyl (C=O) groups is 1. The lowest BCUT2D eigenvalue weighted by atomic mass is 10.0. The monoisotopic (exact) mass is 344 g/mol. The molecule has 5 heteroatoms. The molecule has 0 fully saturated rings. The van der Waals surface area contributed by atoms with Gasteiger partial charge in [-0.15, -0.1) is 0 Å². The molecule has 0 amide bonds. The molecule has 0 rings (SSSR count). The largest absolute Gasteiger partial charge is 0.469 e. The van der Waals surface area contributed by atoms with Crippen LogP contribution >= 0.6 is 0 Å². The SMILES string of the molecule is CCCCCC(O)C(O)C(O)/C=C/CCCCCCCC(=O)OC. The molecule has 0 spiro atoms. The lowest BCUT2D eigenvalue weighted by Crippen LogP contribution is -2.36. The summed E-state index contributed by atoms with van der Waals surface area (Å²) >= 11 is 0. The van der Waals surface area contributed by atoms with Crippen molar-refractivity contribution in [3.05, 3.63) is 12.2 Å². The fraction of sp³-hybridized carbons (Fsp3) is 0.842. The summed E-state index contributed by atoms with van der Waals surface area (Å²) in [5.41, 5.74) is 0. The Labute approximate surface area is 146 Å². The zero-order valence-electron chi connectivity index (χ0n) is 15.3. The summed E-state index contributed by atoms with van der Waals surface area (Å²) in [5, 5.41) is 29.5. The number of rotatable bonds is 15. The van der Waals surface area contributed by atoms with Crippen molar-refractivity contribution >= 4 is 5.97 Å². The van der Waals surface area contributed by atoms with E-state index >= 15 is 0 Å². The molecule has 0 heterocycles. The third-order valence-electron chi connectivity index (χ3n) is 4.16. The lowest BCUT2D eigenvalue weighted by molar-refractivity contribution is -0.140. The van der Waals surface area contributed by atoms with Crippen LogP contribution in [0, 0.1) is 0 Å². The van der Waals surface area contributed by atoms with Crippen LogP contribution in [-0.4, -0.2) is 46.7 Å². The highest BCUT2D eigenvalue weighted by Gasteiger charge is 2.21. The lowest BCUT2D eigenvalue weighted by Gasteiger charge is -2.20. The Kier molecular flexibility index (Phi) is 15.0. The minimum Gasteiger partial charge on any atom is -0.469 e. The number of hydrogen-bond acceptors (Lipinski definition) is 5. The molecular weight excluding hydrogens is 308 g/mol. The smallest absolute Gasteiger partial charge is 0.305 e. The van der Waals surface area contributed by atoms with Crippen molar-refractivity contribution in [2.45, 2.75) is 95.9 Å². The van der Waals surface area contributed by atoms with Crippen LogP contribution in [0.3, 0.4) is 0 Å². The highest BCUT2D eigenvalue weighted by Crippen LogP contribution is 2.12. The maximum Gasteiger partial charge on any atom is 0.305 e. The van der Waals surface area contributed by atoms with E-state index in [0.29, 0.717) is 12.8 Å². The molecule has 0 radical (unpaired) electrons. The molecule has 3 unspecified atom stereocenters. The second-order valence-electron chi connectivity index (χ2n) is 6.36. The van der Waals surface area contributed by atoms with Crippen molar-refractivity contribution in [1.29, 1.82) is 0 Å². The Bertz CT molecular complexity index is 330. The molecular formula is C19H36O5. The number of methoxy groups -OCH3 is 1. The standard InChI is InChI=1S/C19H36O5/c1-3-4-10-13-16(20)19(23)17(21)14-11-8-6-5-7-9-12-15-18(22)24-2/h11,14,16-17,19-21,23H,3-10,12-13,15H2,1-2H3/b14-11+. The van der Waals surface area contributed by atoms with Gasteiger partial charge in [0.05, 0.1) is 13.2 Å². The average molecular weight is 344 g/mol. The van der Waals surface area contributed by atoms with Crippen molar-refractivity contribution in [2.24, 2.45) is 0 Å². The van der Waals surface area contributed by atoms with Gasteiger partial charge in [-0.3, -0.25) is 4.79 Å². The van der Waals surface area contributed by atoms with E-state index in [1.165, 1.54) is 7.11 Å². The molecule has 142 valence electrons. The van der Waals surface area contributed by atoms with Crippen LogP contribution in [0.1, 0.15) is 77.6 Å². The van der Waals surface area contributed by atoms with E-state index in [4.69, 9.17) is 0 Å². The van der Waals surface area contributed by atoms with E-state index in [1.807, 2.05) is 6.08 Å². The number of carbonyl (C=O) groups excluding carboxylic acids is 1. The number of esters is 1. The topological polar surface area (TPSA) is 87.0 Å². The number of allylic oxidation sites excluding steroid dienone is 1. The predicted octanol–water partition coefficient (Wildman–Crippen LogP) is 3.11. The Morgan fingerprint density at radius 2 is 1.67 bits per heavy atom. The molecule has 0 saturated heterocycles. The van der Waals surface area contributed by atoms with Crippen LogP contribution in [0.4, 0.5) is 0 Å². The van der Waals surface area contributed by atoms with Gasteiger partial charge < -0.3 is 20.1 Å². The van der Waals surface area contributed by atoms with Crippen molar-refractivity contribution in [3.63, 3.8) is 0 Å². The van der Waals surface area contributed by atoms with E-state index in [1.54, 1.807) is 6.08 Å². The predicted molar refractivity (Wildman–Crippen MR) is 95.6 cm³/mol. The van der Waals surface area contributed by atoms with Crippen molar-refractivity contribution in [3.8, 4) is 0 Å². The van der Waals surface area contributed by atoms with Crippen molar-refractivity contribution in [1.82, 2.24) is 0 Å². The summed E-state index contributed by atoms with van der Waals surface area (Å²) in [6.45, 7) is 2.08. The molecule has 0 aromatic carbocycles. The number of hydrogen-bond donors (Lipinski definition) is 3. The summed E-state index contributed by atoms with van der Waals surface area (Å²) in [7, 11) is 1.41. The Morgan fingerprint density at radius 1 is 1.00 bits per heavy atom. The molecule has 5 nitrogen and oxygen atoms in total. The highest BCUT2D eigenvalue weighted by molar-refractivity contribution is 5.68. The van der Waals surface area contributed by atoms with E-state index in [0.717, 1.165) is 57.8 Å². The second kappa shape index (κ2) is 15.6. The minimum atomic E-state index is -1.11. The van der Waals surface area contributed by atoms with Gasteiger partial charge in [0.2, 0.25) is 0 Å². The fourth-order valence-electron chi connectivity index (χ4n) is 2.52. The molecule has 0 aromatic rings. The summed E-state index contributed by atoms with van der Waals surface area (Å²) in [6, 6.07) is 0. The molecule has 0 aliphatic rings. The summed E-state index contributed by atoms with van der Waals surface area (Å²) < 4.78 is 4.59. The van der Waals surface area contributed by atoms with Gasteiger partial charge in [-0.25, -0.2) is 0 Å². The molecule has 0 aromatic heterocycles. The maximum absolute atomic E-state index is 10.9. The normalized spacial score (nSPS) is 15.4. The van der Waals surface area contributed by atoms with E-state index in [-0.39, 0.29) is 5.97 Å². The van der Waals surface area contributed by atoms with Crippen LogP contribution in [0.25, 0.3) is 0 Å². The average Bonchev–Trinajstić information content (AvgIpc) is 2.59. The number of aliphatic hydroxyl groups is 3. The molecule has 0 aliphatic heterocycles. The van der Waals surface area contributed by atoms with Gasteiger partial charge in [0.15, 0.2) is 0 Å². The quantitative estimate of drug-likeness (QED) is 0.241. The van der Waals surface area contributed by atoms with Crippen LogP contribution < -0.4 is 0 Å². The summed E-state index contributed by atoms with van der Waals surface area (Å²) in [5.74, 6) is -0.151. The zero-order valence-corrected chi connectivity index (χ0v) is 15.3. The first kappa shape index (κ1) is 23.1. The Balaban J connectivity index is 3.65. The van der Waals surface area contributed by atoms with E-state index in [2.05, 4.69) is 11.7 Å². The minimum absolute atomic E-state index is 0.151. The van der Waals surface area contributed by atoms with Gasteiger partial charge in [0.1, 0.15) is 12.2 Å². The van der Waals surface area contributed by atoms with Crippen molar-refractivity contribution in [2.75, 3.05) is 7.11 Å². The highest BCUT2D eigenvalue weighted by atomic mass is 16.5. The Morgan fingerprint density at radius 3 is 2.33 bits per heavy atom. The Hall–Kier alpha value is -0.910. The van der Waals surface area contributed by atoms with Gasteiger partial charge >= 0.3 is 5.97 Å². The van der Waals surface area contributed by atoms with Crippen LogP contribution in [-0.2, 0) is 9.53 Å². The fourth-order valence-corrected chi connectivity index (χ4v) is 2.52. The first-order chi connectivity index (χ1) is 11.5. The summed E-state index contributed by atoms with van der Waals surface area (Å²) in [6.07, 6.45) is 10.3. The van der Waals surface area contributed by atoms with E-state index in [9.17, 15) is 20.1 Å². The maximum atomic E-state index is 10.9. The first-order valence-corrected chi connectivity index (χ1v) is 9.30. The van der Waals surface area contributed by atoms with Gasteiger partial charge in [0.25, 0.3) is 0 Å². The first-order valence-electron chi connectivity index (χ1n) is 9.30. The van der Waals surface area contributed by atoms with Gasteiger partial charge in [-0.05, 0) is 25.7 Å². The van der Waals surface area contributed by atoms with Gasteiger partial charge in [0, 0.05) is 6.42 Å². The second-order valence-corrected chi connectivity index (χ2v) is 6.36. The zero-order chi connectivity index (χ0) is 18.2. The third kappa shape index (κ3) is 12.5. The number of aliphatic hydroxyl groups excluding tert-OH is 3. The van der Waals surface area contributed by atoms with Crippen molar-refractivity contribution < 1.29 is 24.9 Å². The molecule has 3 N–H and O–H groups in total. The molecule has 0 bridgehead atoms. The molecule has 3 atom stereocenters. The van der Waals surface area contributed by atoms with Crippen LogP contribution in [0.2, 0.25) is 0 Å². The van der Waals surface area contributed by atoms with Gasteiger partial charge in [-0.2, -0.15) is 0 Å². The summed E-state index contributed by atoms with van der Waals surface area (Å²) in [4.78, 5) is 10.9. The third-order valence-corrected chi connectivity index (χ3v) is 4.16. The van der Waals surface area contributed by atoms with Crippen LogP contribution in [0.15, 0.2) is 12.2 Å². The van der Waals surface area contributed by atoms with Gasteiger partial charge in [-0.1, -0.05) is 57.6 Å². The van der Waals surface area contributed by atoms with E-state index < -0.39 is 18.3 Å². The molecule has 0 aliphatic carbocycles. The number of ether oxygens (including phenoxy) is 1. The van der Waals surface area contributed by atoms with Crippen LogP contribution in [0.5, 0.6) is 0 Å².